The van der Waals surface area contributed by atoms with Crippen LogP contribution >= 0.6 is 0 Å². The van der Waals surface area contributed by atoms with Crippen LogP contribution in [0.4, 0.5) is 0 Å². The van der Waals surface area contributed by atoms with E-state index in [4.69, 9.17) is 4.74 Å². The van der Waals surface area contributed by atoms with Crippen LogP contribution in [0.15, 0.2) is 36.5 Å². The zero-order valence-corrected chi connectivity index (χ0v) is 12.2. The first-order chi connectivity index (χ1) is 10.1. The van der Waals surface area contributed by atoms with Gasteiger partial charge in [-0.25, -0.2) is 0 Å². The summed E-state index contributed by atoms with van der Waals surface area (Å²) in [7, 11) is 1.68. The van der Waals surface area contributed by atoms with Crippen molar-refractivity contribution in [2.24, 2.45) is 0 Å². The molecule has 0 aliphatic carbocycles. The lowest BCUT2D eigenvalue weighted by Crippen LogP contribution is -2.29. The SMILES string of the molecule is CCOC(=O)CCN(C)C(=O)c1ccc2ncccc2c1. The maximum absolute atomic E-state index is 12.3. The van der Waals surface area contributed by atoms with Crippen LogP contribution in [0.2, 0.25) is 0 Å². The fraction of sp³-hybridized carbons (Fsp3) is 0.312. The number of pyridine rings is 1. The molecule has 0 saturated carbocycles. The third-order valence-corrected chi connectivity index (χ3v) is 3.15. The molecular weight excluding hydrogens is 268 g/mol. The Labute approximate surface area is 123 Å². The zero-order chi connectivity index (χ0) is 15.2. The van der Waals surface area contributed by atoms with E-state index in [1.54, 1.807) is 26.2 Å². The van der Waals surface area contributed by atoms with Gasteiger partial charge in [-0.15, -0.1) is 0 Å². The van der Waals surface area contributed by atoms with E-state index in [2.05, 4.69) is 4.98 Å². The first kappa shape index (κ1) is 15.0. The Morgan fingerprint density at radius 2 is 2.10 bits per heavy atom. The Balaban J connectivity index is 2.05. The van der Waals surface area contributed by atoms with Crippen LogP contribution < -0.4 is 0 Å². The summed E-state index contributed by atoms with van der Waals surface area (Å²) in [5.74, 6) is -0.412. The van der Waals surface area contributed by atoms with E-state index in [1.807, 2.05) is 24.3 Å². The zero-order valence-electron chi connectivity index (χ0n) is 12.2. The Morgan fingerprint density at radius 1 is 1.29 bits per heavy atom. The Hall–Kier alpha value is -2.43. The minimum Gasteiger partial charge on any atom is -0.466 e. The minimum absolute atomic E-state index is 0.120. The highest BCUT2D eigenvalue weighted by Crippen LogP contribution is 2.14. The number of carbonyl (C=O) groups excluding carboxylic acids is 2. The Bertz CT molecular complexity index is 655. The van der Waals surface area contributed by atoms with Gasteiger partial charge < -0.3 is 9.64 Å². The van der Waals surface area contributed by atoms with Crippen molar-refractivity contribution >= 4 is 22.8 Å². The van der Waals surface area contributed by atoms with Crippen molar-refractivity contribution in [1.82, 2.24) is 9.88 Å². The average molecular weight is 286 g/mol. The van der Waals surface area contributed by atoms with Gasteiger partial charge in [0.25, 0.3) is 5.91 Å². The number of hydrogen-bond donors (Lipinski definition) is 0. The number of rotatable bonds is 5. The monoisotopic (exact) mass is 286 g/mol. The molecule has 1 amide bonds. The van der Waals surface area contributed by atoms with Crippen molar-refractivity contribution in [3.05, 3.63) is 42.1 Å². The summed E-state index contributed by atoms with van der Waals surface area (Å²) in [5, 5.41) is 0.919. The van der Waals surface area contributed by atoms with Gasteiger partial charge in [-0.05, 0) is 31.2 Å². The van der Waals surface area contributed by atoms with E-state index in [1.165, 1.54) is 4.90 Å². The third-order valence-electron chi connectivity index (χ3n) is 3.15. The fourth-order valence-electron chi connectivity index (χ4n) is 2.02. The highest BCUT2D eigenvalue weighted by atomic mass is 16.5. The summed E-state index contributed by atoms with van der Waals surface area (Å²) in [4.78, 5) is 29.4. The molecule has 0 radical (unpaired) electrons. The van der Waals surface area contributed by atoms with Crippen molar-refractivity contribution in [2.75, 3.05) is 20.2 Å². The number of nitrogens with zero attached hydrogens (tertiary/aromatic N) is 2. The minimum atomic E-state index is -0.292. The molecule has 5 heteroatoms. The molecular formula is C16H18N2O3. The predicted octanol–water partition coefficient (Wildman–Crippen LogP) is 2.26. The third kappa shape index (κ3) is 3.78. The Kier molecular flexibility index (Phi) is 4.87. The van der Waals surface area contributed by atoms with Gasteiger partial charge >= 0.3 is 5.97 Å². The van der Waals surface area contributed by atoms with Crippen LogP contribution in [0.25, 0.3) is 10.9 Å². The topological polar surface area (TPSA) is 59.5 Å². The number of benzene rings is 1. The molecule has 0 spiro atoms. The van der Waals surface area contributed by atoms with Crippen molar-refractivity contribution in [3.8, 4) is 0 Å². The van der Waals surface area contributed by atoms with Gasteiger partial charge in [-0.3, -0.25) is 14.6 Å². The van der Waals surface area contributed by atoms with E-state index in [9.17, 15) is 9.59 Å². The van der Waals surface area contributed by atoms with Crippen LogP contribution in [-0.4, -0.2) is 42.0 Å². The molecule has 0 aliphatic heterocycles. The standard InChI is InChI=1S/C16H18N2O3/c1-3-21-15(19)8-10-18(2)16(20)13-6-7-14-12(11-13)5-4-9-17-14/h4-7,9,11H,3,8,10H2,1-2H3. The average Bonchev–Trinajstić information content (AvgIpc) is 2.51. The van der Waals surface area contributed by atoms with Crippen LogP contribution in [0.1, 0.15) is 23.7 Å². The molecule has 0 aliphatic rings. The van der Waals surface area contributed by atoms with Crippen molar-refractivity contribution in [3.63, 3.8) is 0 Å². The molecule has 110 valence electrons. The van der Waals surface area contributed by atoms with Gasteiger partial charge in [-0.2, -0.15) is 0 Å². The summed E-state index contributed by atoms with van der Waals surface area (Å²) in [5.41, 5.74) is 1.44. The molecule has 0 unspecified atom stereocenters. The number of esters is 1. The predicted molar refractivity (Wildman–Crippen MR) is 80.0 cm³/mol. The van der Waals surface area contributed by atoms with Gasteiger partial charge in [-0.1, -0.05) is 6.07 Å². The molecule has 21 heavy (non-hydrogen) atoms. The molecule has 1 aromatic heterocycles. The summed E-state index contributed by atoms with van der Waals surface area (Å²) in [6.07, 6.45) is 1.92. The van der Waals surface area contributed by atoms with Crippen LogP contribution in [0, 0.1) is 0 Å². The van der Waals surface area contributed by atoms with Crippen molar-refractivity contribution in [2.45, 2.75) is 13.3 Å². The molecule has 5 nitrogen and oxygen atoms in total. The smallest absolute Gasteiger partial charge is 0.307 e. The number of amides is 1. The molecule has 0 fully saturated rings. The molecule has 2 aromatic rings. The maximum Gasteiger partial charge on any atom is 0.307 e. The van der Waals surface area contributed by atoms with Gasteiger partial charge in [0, 0.05) is 30.7 Å². The lowest BCUT2D eigenvalue weighted by atomic mass is 10.1. The molecule has 0 saturated heterocycles. The van der Waals surface area contributed by atoms with E-state index in [0.717, 1.165) is 10.9 Å². The van der Waals surface area contributed by atoms with Gasteiger partial charge in [0.05, 0.1) is 18.5 Å². The second-order valence-electron chi connectivity index (χ2n) is 4.69. The van der Waals surface area contributed by atoms with Gasteiger partial charge in [0.15, 0.2) is 0 Å². The number of aromatic nitrogens is 1. The maximum atomic E-state index is 12.3. The number of fused-ring (bicyclic) bond motifs is 1. The van der Waals surface area contributed by atoms with Crippen LogP contribution in [0.5, 0.6) is 0 Å². The molecule has 0 atom stereocenters. The van der Waals surface area contributed by atoms with Gasteiger partial charge in [0.1, 0.15) is 0 Å². The lowest BCUT2D eigenvalue weighted by Gasteiger charge is -2.16. The summed E-state index contributed by atoms with van der Waals surface area (Å²) in [6, 6.07) is 9.13. The van der Waals surface area contributed by atoms with E-state index in [-0.39, 0.29) is 18.3 Å². The van der Waals surface area contributed by atoms with E-state index >= 15 is 0 Å². The van der Waals surface area contributed by atoms with Crippen LogP contribution in [0.3, 0.4) is 0 Å². The normalized spacial score (nSPS) is 10.4. The summed E-state index contributed by atoms with van der Waals surface area (Å²) < 4.78 is 4.85. The highest BCUT2D eigenvalue weighted by molar-refractivity contribution is 5.97. The second-order valence-corrected chi connectivity index (χ2v) is 4.69. The fourth-order valence-corrected chi connectivity index (χ4v) is 2.02. The molecule has 0 N–H and O–H groups in total. The quantitative estimate of drug-likeness (QED) is 0.791. The second kappa shape index (κ2) is 6.83. The molecule has 1 heterocycles. The van der Waals surface area contributed by atoms with Gasteiger partial charge in [0.2, 0.25) is 0 Å². The van der Waals surface area contributed by atoms with Crippen molar-refractivity contribution in [1.29, 1.82) is 0 Å². The lowest BCUT2D eigenvalue weighted by molar-refractivity contribution is -0.143. The molecule has 1 aromatic carbocycles. The van der Waals surface area contributed by atoms with Crippen LogP contribution in [-0.2, 0) is 9.53 Å². The molecule has 2 rings (SSSR count). The number of carbonyl (C=O) groups is 2. The summed E-state index contributed by atoms with van der Waals surface area (Å²) >= 11 is 0. The first-order valence-electron chi connectivity index (χ1n) is 6.87. The largest absolute Gasteiger partial charge is 0.466 e. The van der Waals surface area contributed by atoms with Crippen molar-refractivity contribution < 1.29 is 14.3 Å². The first-order valence-corrected chi connectivity index (χ1v) is 6.87. The summed E-state index contributed by atoms with van der Waals surface area (Å²) in [6.45, 7) is 2.45. The number of ether oxygens (including phenoxy) is 1. The molecule has 0 bridgehead atoms. The Morgan fingerprint density at radius 3 is 2.86 bits per heavy atom. The van der Waals surface area contributed by atoms with E-state index < -0.39 is 0 Å². The van der Waals surface area contributed by atoms with E-state index in [0.29, 0.717) is 18.7 Å². The highest BCUT2D eigenvalue weighted by Gasteiger charge is 2.13. The number of hydrogen-bond acceptors (Lipinski definition) is 4.